The first kappa shape index (κ1) is 12.9. The molecule has 0 aromatic rings. The smallest absolute Gasteiger partial charge is 0.299 e. The van der Waals surface area contributed by atoms with Crippen molar-refractivity contribution in [2.75, 3.05) is 0 Å². The van der Waals surface area contributed by atoms with E-state index in [1.165, 1.54) is 6.42 Å². The van der Waals surface area contributed by atoms with Gasteiger partial charge in [-0.3, -0.25) is 4.79 Å². The molecule has 0 bridgehead atoms. The molecule has 0 aliphatic heterocycles. The van der Waals surface area contributed by atoms with E-state index in [2.05, 4.69) is 0 Å². The molecule has 2 aliphatic rings. The topological polar surface area (TPSA) is 17.1 Å². The molecule has 17 heavy (non-hydrogen) atoms. The Hall–Kier alpha value is -0.540. The summed E-state index contributed by atoms with van der Waals surface area (Å²) in [6, 6.07) is 0. The molecule has 1 spiro atoms. The molecule has 0 saturated heterocycles. The lowest BCUT2D eigenvalue weighted by atomic mass is 9.69. The molecule has 2 aliphatic carbocycles. The van der Waals surface area contributed by atoms with Gasteiger partial charge in [0.05, 0.1) is 0 Å². The van der Waals surface area contributed by atoms with E-state index in [9.17, 15) is 18.0 Å². The zero-order chi connectivity index (χ0) is 12.5. The van der Waals surface area contributed by atoms with Gasteiger partial charge in [0.15, 0.2) is 0 Å². The van der Waals surface area contributed by atoms with Crippen molar-refractivity contribution < 1.29 is 18.0 Å². The molecule has 1 nitrogen and oxygen atoms in total. The van der Waals surface area contributed by atoms with Gasteiger partial charge in [0.25, 0.3) is 0 Å². The first-order valence-corrected chi connectivity index (χ1v) is 6.52. The summed E-state index contributed by atoms with van der Waals surface area (Å²) in [5.41, 5.74) is 0.0495. The number of Topliss-reactive ketones (excluding diaryl/α,β-unsaturated/α-hetero) is 1. The summed E-state index contributed by atoms with van der Waals surface area (Å²) in [6.45, 7) is 0. The van der Waals surface area contributed by atoms with Crippen LogP contribution >= 0.6 is 0 Å². The standard InChI is InChI=1S/C13H19F3O/c14-13(15,16)10-4-8-12(9-5-11(10)17)6-2-1-3-7-12/h10H,1-9H2/t10-/m0/s1. The Morgan fingerprint density at radius 3 is 2.24 bits per heavy atom. The number of halogens is 3. The highest BCUT2D eigenvalue weighted by Crippen LogP contribution is 2.48. The SMILES string of the molecule is O=C1CCC2(CCCCC2)CC[C@@H]1C(F)(F)F. The molecule has 0 amide bonds. The van der Waals surface area contributed by atoms with Gasteiger partial charge in [-0.1, -0.05) is 19.3 Å². The molecule has 2 saturated carbocycles. The van der Waals surface area contributed by atoms with Crippen LogP contribution in [0.15, 0.2) is 0 Å². The fourth-order valence-corrected chi connectivity index (χ4v) is 3.45. The average Bonchev–Trinajstić information content (AvgIpc) is 2.40. The van der Waals surface area contributed by atoms with Gasteiger partial charge in [-0.15, -0.1) is 0 Å². The summed E-state index contributed by atoms with van der Waals surface area (Å²) < 4.78 is 38.1. The summed E-state index contributed by atoms with van der Waals surface area (Å²) in [5.74, 6) is -2.27. The van der Waals surface area contributed by atoms with E-state index in [0.717, 1.165) is 25.7 Å². The Morgan fingerprint density at radius 2 is 1.65 bits per heavy atom. The highest BCUT2D eigenvalue weighted by molar-refractivity contribution is 5.82. The van der Waals surface area contributed by atoms with E-state index in [0.29, 0.717) is 12.8 Å². The van der Waals surface area contributed by atoms with Crippen LogP contribution in [0.25, 0.3) is 0 Å². The van der Waals surface area contributed by atoms with Crippen molar-refractivity contribution in [2.45, 2.75) is 64.0 Å². The van der Waals surface area contributed by atoms with E-state index in [-0.39, 0.29) is 18.3 Å². The third-order valence-corrected chi connectivity index (χ3v) is 4.56. The number of rotatable bonds is 0. The largest absolute Gasteiger partial charge is 0.398 e. The quantitative estimate of drug-likeness (QED) is 0.626. The number of carbonyl (C=O) groups is 1. The molecule has 0 radical (unpaired) electrons. The lowest BCUT2D eigenvalue weighted by Crippen LogP contribution is -2.29. The van der Waals surface area contributed by atoms with Crippen LogP contribution in [-0.4, -0.2) is 12.0 Å². The Labute approximate surface area is 99.8 Å². The minimum atomic E-state index is -4.34. The van der Waals surface area contributed by atoms with Crippen LogP contribution in [0.4, 0.5) is 13.2 Å². The zero-order valence-corrected chi connectivity index (χ0v) is 9.98. The Bertz CT molecular complexity index is 290. The van der Waals surface area contributed by atoms with Crippen molar-refractivity contribution in [1.82, 2.24) is 0 Å². The van der Waals surface area contributed by atoms with Crippen molar-refractivity contribution >= 4 is 5.78 Å². The normalized spacial score (nSPS) is 30.3. The highest BCUT2D eigenvalue weighted by Gasteiger charge is 2.47. The molecular weight excluding hydrogens is 229 g/mol. The van der Waals surface area contributed by atoms with Crippen molar-refractivity contribution in [2.24, 2.45) is 11.3 Å². The van der Waals surface area contributed by atoms with Gasteiger partial charge in [0.2, 0.25) is 0 Å². The van der Waals surface area contributed by atoms with Crippen molar-refractivity contribution in [3.8, 4) is 0 Å². The van der Waals surface area contributed by atoms with Crippen LogP contribution in [-0.2, 0) is 4.79 Å². The van der Waals surface area contributed by atoms with E-state index >= 15 is 0 Å². The number of ketones is 1. The van der Waals surface area contributed by atoms with Crippen LogP contribution in [0.3, 0.4) is 0 Å². The summed E-state index contributed by atoms with van der Waals surface area (Å²) in [7, 11) is 0. The van der Waals surface area contributed by atoms with Crippen molar-refractivity contribution in [3.05, 3.63) is 0 Å². The second-order valence-corrected chi connectivity index (χ2v) is 5.66. The fraction of sp³-hybridized carbons (Fsp3) is 0.923. The molecule has 0 unspecified atom stereocenters. The van der Waals surface area contributed by atoms with Gasteiger partial charge in [0, 0.05) is 6.42 Å². The summed E-state index contributed by atoms with van der Waals surface area (Å²) >= 11 is 0. The maximum atomic E-state index is 12.7. The molecule has 1 atom stereocenters. The van der Waals surface area contributed by atoms with E-state index < -0.39 is 17.9 Å². The lowest BCUT2D eigenvalue weighted by Gasteiger charge is -2.36. The number of hydrogen-bond donors (Lipinski definition) is 0. The van der Waals surface area contributed by atoms with Crippen LogP contribution in [0.2, 0.25) is 0 Å². The number of carbonyl (C=O) groups excluding carboxylic acids is 1. The number of hydrogen-bond acceptors (Lipinski definition) is 1. The van der Waals surface area contributed by atoms with E-state index in [1.54, 1.807) is 0 Å². The molecule has 0 heterocycles. The Morgan fingerprint density at radius 1 is 1.00 bits per heavy atom. The van der Waals surface area contributed by atoms with E-state index in [1.807, 2.05) is 0 Å². The van der Waals surface area contributed by atoms with Crippen LogP contribution < -0.4 is 0 Å². The molecule has 2 fully saturated rings. The molecule has 98 valence electrons. The maximum absolute atomic E-state index is 12.7. The second kappa shape index (κ2) is 4.62. The highest BCUT2D eigenvalue weighted by atomic mass is 19.4. The molecule has 4 heteroatoms. The van der Waals surface area contributed by atoms with Gasteiger partial charge in [-0.2, -0.15) is 13.2 Å². The Kier molecular flexibility index (Phi) is 3.50. The summed E-state index contributed by atoms with van der Waals surface area (Å²) in [5, 5.41) is 0. The maximum Gasteiger partial charge on any atom is 0.398 e. The third-order valence-electron chi connectivity index (χ3n) is 4.56. The monoisotopic (exact) mass is 248 g/mol. The van der Waals surface area contributed by atoms with Gasteiger partial charge in [0.1, 0.15) is 11.7 Å². The zero-order valence-electron chi connectivity index (χ0n) is 9.98. The first-order valence-electron chi connectivity index (χ1n) is 6.52. The number of alkyl halides is 3. The van der Waals surface area contributed by atoms with Crippen molar-refractivity contribution in [1.29, 1.82) is 0 Å². The minimum Gasteiger partial charge on any atom is -0.299 e. The third kappa shape index (κ3) is 2.83. The Balaban J connectivity index is 2.08. The van der Waals surface area contributed by atoms with Gasteiger partial charge < -0.3 is 0 Å². The van der Waals surface area contributed by atoms with Gasteiger partial charge in [-0.25, -0.2) is 0 Å². The second-order valence-electron chi connectivity index (χ2n) is 5.66. The summed E-state index contributed by atoms with van der Waals surface area (Å²) in [6.07, 6.45) is 2.54. The fourth-order valence-electron chi connectivity index (χ4n) is 3.45. The van der Waals surface area contributed by atoms with Crippen molar-refractivity contribution in [3.63, 3.8) is 0 Å². The van der Waals surface area contributed by atoms with Crippen LogP contribution in [0.5, 0.6) is 0 Å². The van der Waals surface area contributed by atoms with E-state index in [4.69, 9.17) is 0 Å². The van der Waals surface area contributed by atoms with Crippen LogP contribution in [0, 0.1) is 11.3 Å². The van der Waals surface area contributed by atoms with Crippen LogP contribution in [0.1, 0.15) is 57.8 Å². The lowest BCUT2D eigenvalue weighted by molar-refractivity contribution is -0.182. The average molecular weight is 248 g/mol. The predicted octanol–water partition coefficient (Wildman–Crippen LogP) is 4.26. The molecule has 0 aromatic heterocycles. The minimum absolute atomic E-state index is 0.0162. The molecule has 0 aromatic carbocycles. The van der Waals surface area contributed by atoms with Gasteiger partial charge >= 0.3 is 6.18 Å². The summed E-state index contributed by atoms with van der Waals surface area (Å²) in [4.78, 5) is 11.6. The molecule has 0 N–H and O–H groups in total. The van der Waals surface area contributed by atoms with Gasteiger partial charge in [-0.05, 0) is 37.5 Å². The first-order chi connectivity index (χ1) is 7.93. The predicted molar refractivity (Wildman–Crippen MR) is 58.5 cm³/mol. The molecule has 2 rings (SSSR count). The molecular formula is C13H19F3O.